The maximum atomic E-state index is 12.9. The summed E-state index contributed by atoms with van der Waals surface area (Å²) in [5, 5.41) is 0. The van der Waals surface area contributed by atoms with Gasteiger partial charge in [0, 0.05) is 24.8 Å². The number of carbonyl (C=O) groups excluding carboxylic acids is 2. The van der Waals surface area contributed by atoms with E-state index in [2.05, 4.69) is 0 Å². The molecule has 0 aromatic heterocycles. The van der Waals surface area contributed by atoms with Crippen molar-refractivity contribution >= 4 is 17.5 Å². The van der Waals surface area contributed by atoms with Crippen LogP contribution >= 0.6 is 0 Å². The smallest absolute Gasteiger partial charge is 0.258 e. The highest BCUT2D eigenvalue weighted by Crippen LogP contribution is 2.26. The fourth-order valence-electron chi connectivity index (χ4n) is 3.16. The van der Waals surface area contributed by atoms with E-state index in [1.807, 2.05) is 30.3 Å². The number of piperazine rings is 1. The van der Waals surface area contributed by atoms with E-state index in [9.17, 15) is 9.59 Å². The van der Waals surface area contributed by atoms with E-state index in [4.69, 9.17) is 9.47 Å². The van der Waals surface area contributed by atoms with Gasteiger partial charge in [-0.25, -0.2) is 0 Å². The van der Waals surface area contributed by atoms with Crippen LogP contribution in [0, 0.1) is 0 Å². The number of nitrogens with zero attached hydrogens (tertiary/aromatic N) is 2. The van der Waals surface area contributed by atoms with Crippen LogP contribution < -0.4 is 14.4 Å². The molecule has 0 saturated carbocycles. The molecule has 1 aliphatic heterocycles. The zero-order valence-electron chi connectivity index (χ0n) is 15.1. The molecule has 0 radical (unpaired) electrons. The van der Waals surface area contributed by atoms with E-state index in [0.29, 0.717) is 30.2 Å². The molecule has 26 heavy (non-hydrogen) atoms. The van der Waals surface area contributed by atoms with E-state index in [1.165, 1.54) is 7.11 Å². The van der Waals surface area contributed by atoms with Gasteiger partial charge in [0.05, 0.1) is 19.8 Å². The van der Waals surface area contributed by atoms with Crippen LogP contribution in [0.25, 0.3) is 0 Å². The van der Waals surface area contributed by atoms with Gasteiger partial charge in [-0.05, 0) is 31.2 Å². The van der Waals surface area contributed by atoms with E-state index < -0.39 is 6.04 Å². The summed E-state index contributed by atoms with van der Waals surface area (Å²) < 4.78 is 10.5. The van der Waals surface area contributed by atoms with Crippen LogP contribution in [0.1, 0.15) is 17.3 Å². The highest BCUT2D eigenvalue weighted by molar-refractivity contribution is 6.04. The van der Waals surface area contributed by atoms with Gasteiger partial charge in [0.25, 0.3) is 5.91 Å². The second-order valence-corrected chi connectivity index (χ2v) is 6.07. The fraction of sp³-hybridized carbons (Fsp3) is 0.300. The third-order valence-electron chi connectivity index (χ3n) is 4.62. The molecule has 2 aromatic carbocycles. The van der Waals surface area contributed by atoms with Crippen LogP contribution in [0.5, 0.6) is 11.5 Å². The van der Waals surface area contributed by atoms with Gasteiger partial charge in [0.2, 0.25) is 5.91 Å². The zero-order valence-corrected chi connectivity index (χ0v) is 15.1. The van der Waals surface area contributed by atoms with Crippen molar-refractivity contribution in [3.8, 4) is 11.5 Å². The lowest BCUT2D eigenvalue weighted by Crippen LogP contribution is -2.57. The minimum absolute atomic E-state index is 0.118. The monoisotopic (exact) mass is 354 g/mol. The van der Waals surface area contributed by atoms with Crippen molar-refractivity contribution in [3.63, 3.8) is 0 Å². The van der Waals surface area contributed by atoms with Crippen molar-refractivity contribution in [3.05, 3.63) is 54.1 Å². The van der Waals surface area contributed by atoms with Crippen molar-refractivity contribution in [2.24, 2.45) is 0 Å². The lowest BCUT2D eigenvalue weighted by Gasteiger charge is -2.39. The summed E-state index contributed by atoms with van der Waals surface area (Å²) in [5.41, 5.74) is 1.23. The molecule has 1 heterocycles. The van der Waals surface area contributed by atoms with Crippen molar-refractivity contribution in [2.45, 2.75) is 13.0 Å². The number of benzene rings is 2. The predicted octanol–water partition coefficient (Wildman–Crippen LogP) is 2.58. The van der Waals surface area contributed by atoms with E-state index >= 15 is 0 Å². The Kier molecular flexibility index (Phi) is 5.11. The third kappa shape index (κ3) is 3.22. The maximum Gasteiger partial charge on any atom is 0.258 e. The van der Waals surface area contributed by atoms with E-state index in [0.717, 1.165) is 5.69 Å². The molecule has 6 nitrogen and oxygen atoms in total. The molecule has 136 valence electrons. The number of amides is 2. The van der Waals surface area contributed by atoms with Gasteiger partial charge in [0.1, 0.15) is 17.5 Å². The van der Waals surface area contributed by atoms with Crippen LogP contribution in [0.3, 0.4) is 0 Å². The summed E-state index contributed by atoms with van der Waals surface area (Å²) in [5.74, 6) is 0.879. The Labute approximate surface area is 152 Å². The SMILES string of the molecule is COc1cccc(N2CCN(C(=O)c3ccccc3OC)[C@@H](C)C2=O)c1. The van der Waals surface area contributed by atoms with Gasteiger partial charge in [-0.1, -0.05) is 18.2 Å². The van der Waals surface area contributed by atoms with Crippen LogP contribution in [-0.4, -0.2) is 50.1 Å². The minimum atomic E-state index is -0.563. The van der Waals surface area contributed by atoms with Gasteiger partial charge >= 0.3 is 0 Å². The normalized spacial score (nSPS) is 17.2. The molecule has 6 heteroatoms. The van der Waals surface area contributed by atoms with Crippen LogP contribution in [0.15, 0.2) is 48.5 Å². The fourth-order valence-corrected chi connectivity index (χ4v) is 3.16. The second kappa shape index (κ2) is 7.47. The highest BCUT2D eigenvalue weighted by Gasteiger charge is 2.36. The molecular weight excluding hydrogens is 332 g/mol. The molecule has 3 rings (SSSR count). The first-order valence-corrected chi connectivity index (χ1v) is 8.46. The molecule has 1 atom stereocenters. The molecule has 2 amide bonds. The summed E-state index contributed by atoms with van der Waals surface area (Å²) in [6, 6.07) is 13.9. The molecule has 0 bridgehead atoms. The predicted molar refractivity (Wildman–Crippen MR) is 98.8 cm³/mol. The van der Waals surface area contributed by atoms with Crippen molar-refractivity contribution in [1.29, 1.82) is 0 Å². The molecule has 0 N–H and O–H groups in total. The van der Waals surface area contributed by atoms with Gasteiger partial charge in [-0.15, -0.1) is 0 Å². The Bertz CT molecular complexity index is 821. The van der Waals surface area contributed by atoms with Crippen molar-refractivity contribution < 1.29 is 19.1 Å². The van der Waals surface area contributed by atoms with Crippen LogP contribution in [0.2, 0.25) is 0 Å². The van der Waals surface area contributed by atoms with Crippen molar-refractivity contribution in [1.82, 2.24) is 4.90 Å². The Morgan fingerprint density at radius 2 is 1.81 bits per heavy atom. The summed E-state index contributed by atoms with van der Waals surface area (Å²) in [4.78, 5) is 29.1. The van der Waals surface area contributed by atoms with Gasteiger partial charge in [0.15, 0.2) is 0 Å². The van der Waals surface area contributed by atoms with Gasteiger partial charge < -0.3 is 19.3 Å². The summed E-state index contributed by atoms with van der Waals surface area (Å²) in [7, 11) is 3.12. The van der Waals surface area contributed by atoms with E-state index in [-0.39, 0.29) is 11.8 Å². The average molecular weight is 354 g/mol. The van der Waals surface area contributed by atoms with Crippen molar-refractivity contribution in [2.75, 3.05) is 32.2 Å². The Balaban J connectivity index is 1.82. The number of rotatable bonds is 4. The topological polar surface area (TPSA) is 59.1 Å². The number of carbonyl (C=O) groups is 2. The number of methoxy groups -OCH3 is 2. The molecule has 0 spiro atoms. The highest BCUT2D eigenvalue weighted by atomic mass is 16.5. The second-order valence-electron chi connectivity index (χ2n) is 6.07. The molecular formula is C20H22N2O4. The van der Waals surface area contributed by atoms with Crippen LogP contribution in [0.4, 0.5) is 5.69 Å². The standard InChI is InChI=1S/C20H22N2O4/c1-14-19(23)22(15-7-6-8-16(13-15)25-2)12-11-21(14)20(24)17-9-4-5-10-18(17)26-3/h4-10,13-14H,11-12H2,1-3H3/t14-/m0/s1. The first kappa shape index (κ1) is 17.8. The Morgan fingerprint density at radius 1 is 1.04 bits per heavy atom. The molecule has 1 fully saturated rings. The molecule has 1 aliphatic rings. The lowest BCUT2D eigenvalue weighted by atomic mass is 10.1. The minimum Gasteiger partial charge on any atom is -0.497 e. The lowest BCUT2D eigenvalue weighted by molar-refractivity contribution is -0.124. The number of ether oxygens (including phenoxy) is 2. The first-order chi connectivity index (χ1) is 12.6. The quantitative estimate of drug-likeness (QED) is 0.847. The molecule has 1 saturated heterocycles. The number of hydrogen-bond donors (Lipinski definition) is 0. The third-order valence-corrected chi connectivity index (χ3v) is 4.62. The van der Waals surface area contributed by atoms with Crippen LogP contribution in [-0.2, 0) is 4.79 Å². The zero-order chi connectivity index (χ0) is 18.7. The Morgan fingerprint density at radius 3 is 2.54 bits per heavy atom. The first-order valence-electron chi connectivity index (χ1n) is 8.46. The van der Waals surface area contributed by atoms with Gasteiger partial charge in [-0.3, -0.25) is 9.59 Å². The largest absolute Gasteiger partial charge is 0.497 e. The molecule has 0 unspecified atom stereocenters. The number of anilines is 1. The summed E-state index contributed by atoms with van der Waals surface area (Å²) in [6.07, 6.45) is 0. The number of hydrogen-bond acceptors (Lipinski definition) is 4. The molecule has 0 aliphatic carbocycles. The molecule has 2 aromatic rings. The Hall–Kier alpha value is -3.02. The number of para-hydroxylation sites is 1. The maximum absolute atomic E-state index is 12.9. The van der Waals surface area contributed by atoms with Gasteiger partial charge in [-0.2, -0.15) is 0 Å². The summed E-state index contributed by atoms with van der Waals surface area (Å²) >= 11 is 0. The van der Waals surface area contributed by atoms with E-state index in [1.54, 1.807) is 42.0 Å². The average Bonchev–Trinajstić information content (AvgIpc) is 2.69. The summed E-state index contributed by atoms with van der Waals surface area (Å²) in [6.45, 7) is 2.63.